The molecular formula is C9H5ClFN. The maximum atomic E-state index is 12.6. The lowest BCUT2D eigenvalue weighted by Gasteiger charge is -1.98. The molecule has 0 radical (unpaired) electrons. The molecule has 0 saturated carbocycles. The van der Waals surface area contributed by atoms with Crippen molar-refractivity contribution in [1.29, 1.82) is 0 Å². The molecule has 0 bridgehead atoms. The van der Waals surface area contributed by atoms with Crippen LogP contribution in [0.25, 0.3) is 10.8 Å². The summed E-state index contributed by atoms with van der Waals surface area (Å²) in [6.07, 6.45) is 1.47. The van der Waals surface area contributed by atoms with Gasteiger partial charge in [-0.25, -0.2) is 4.98 Å². The van der Waals surface area contributed by atoms with Gasteiger partial charge in [0.25, 0.3) is 0 Å². The van der Waals surface area contributed by atoms with Crippen LogP contribution >= 0.6 is 11.6 Å². The summed E-state index contributed by atoms with van der Waals surface area (Å²) < 4.78 is 12.6. The van der Waals surface area contributed by atoms with E-state index in [1.807, 2.05) is 12.1 Å². The Balaban J connectivity index is 2.88. The lowest BCUT2D eigenvalue weighted by molar-refractivity contribution is 0.586. The Bertz CT molecular complexity index is 428. The fraction of sp³-hybridized carbons (Fsp3) is 0. The Kier molecular flexibility index (Phi) is 1.70. The van der Waals surface area contributed by atoms with Gasteiger partial charge in [0.05, 0.1) is 0 Å². The van der Waals surface area contributed by atoms with Crippen LogP contribution in [-0.2, 0) is 0 Å². The summed E-state index contributed by atoms with van der Waals surface area (Å²) >= 11 is 5.83. The van der Waals surface area contributed by atoms with Crippen LogP contribution in [0.5, 0.6) is 0 Å². The number of halogens is 2. The highest BCUT2D eigenvalue weighted by molar-refractivity contribution is 6.35. The first-order valence-corrected chi connectivity index (χ1v) is 3.85. The molecule has 12 heavy (non-hydrogen) atoms. The van der Waals surface area contributed by atoms with Crippen molar-refractivity contribution in [1.82, 2.24) is 4.98 Å². The standard InChI is InChI=1S/C9H5ClFN/c10-8-3-1-2-6-5-12-9(11)4-7(6)8/h1-5H. The smallest absolute Gasteiger partial charge is 0.213 e. The molecule has 0 aliphatic carbocycles. The number of aromatic nitrogens is 1. The second kappa shape index (κ2) is 2.72. The summed E-state index contributed by atoms with van der Waals surface area (Å²) in [5.74, 6) is -0.504. The van der Waals surface area contributed by atoms with E-state index in [1.165, 1.54) is 12.3 Å². The third-order valence-corrected chi connectivity index (χ3v) is 2.01. The minimum absolute atomic E-state index is 0.504. The van der Waals surface area contributed by atoms with Crippen LogP contribution in [0.15, 0.2) is 30.5 Å². The van der Waals surface area contributed by atoms with Crippen molar-refractivity contribution < 1.29 is 4.39 Å². The predicted molar refractivity (Wildman–Crippen MR) is 46.7 cm³/mol. The number of pyridine rings is 1. The Morgan fingerprint density at radius 1 is 1.33 bits per heavy atom. The third kappa shape index (κ3) is 1.14. The number of hydrogen-bond acceptors (Lipinski definition) is 1. The van der Waals surface area contributed by atoms with Crippen molar-refractivity contribution >= 4 is 22.4 Å². The van der Waals surface area contributed by atoms with Crippen molar-refractivity contribution in [2.45, 2.75) is 0 Å². The van der Waals surface area contributed by atoms with Crippen molar-refractivity contribution in [3.8, 4) is 0 Å². The maximum absolute atomic E-state index is 12.6. The second-order valence-corrected chi connectivity index (χ2v) is 2.88. The van der Waals surface area contributed by atoms with Crippen LogP contribution in [0.1, 0.15) is 0 Å². The zero-order valence-electron chi connectivity index (χ0n) is 6.09. The number of benzene rings is 1. The molecule has 0 fully saturated rings. The zero-order valence-corrected chi connectivity index (χ0v) is 6.85. The molecule has 0 unspecified atom stereocenters. The Morgan fingerprint density at radius 2 is 2.17 bits per heavy atom. The van der Waals surface area contributed by atoms with Gasteiger partial charge in [-0.15, -0.1) is 0 Å². The molecule has 0 amide bonds. The van der Waals surface area contributed by atoms with Crippen LogP contribution in [0.3, 0.4) is 0 Å². The summed E-state index contributed by atoms with van der Waals surface area (Å²) in [4.78, 5) is 3.52. The SMILES string of the molecule is Fc1cc2c(Cl)cccc2cn1. The van der Waals surface area contributed by atoms with E-state index in [9.17, 15) is 4.39 Å². The van der Waals surface area contributed by atoms with Crippen molar-refractivity contribution in [2.75, 3.05) is 0 Å². The lowest BCUT2D eigenvalue weighted by atomic mass is 10.2. The van der Waals surface area contributed by atoms with Crippen LogP contribution in [0.2, 0.25) is 5.02 Å². The van der Waals surface area contributed by atoms with Gasteiger partial charge in [-0.05, 0) is 6.07 Å². The molecule has 0 aliphatic rings. The van der Waals surface area contributed by atoms with Crippen LogP contribution in [0.4, 0.5) is 4.39 Å². The predicted octanol–water partition coefficient (Wildman–Crippen LogP) is 3.03. The highest BCUT2D eigenvalue weighted by atomic mass is 35.5. The Morgan fingerprint density at radius 3 is 3.00 bits per heavy atom. The minimum Gasteiger partial charge on any atom is -0.228 e. The molecular weight excluding hydrogens is 177 g/mol. The van der Waals surface area contributed by atoms with E-state index < -0.39 is 5.95 Å². The minimum atomic E-state index is -0.504. The molecule has 60 valence electrons. The molecule has 1 heterocycles. The number of nitrogens with zero attached hydrogens (tertiary/aromatic N) is 1. The van der Waals surface area contributed by atoms with Crippen LogP contribution in [-0.4, -0.2) is 4.98 Å². The maximum Gasteiger partial charge on any atom is 0.213 e. The van der Waals surface area contributed by atoms with E-state index in [-0.39, 0.29) is 0 Å². The fourth-order valence-electron chi connectivity index (χ4n) is 1.11. The summed E-state index contributed by atoms with van der Waals surface area (Å²) in [6.45, 7) is 0. The quantitative estimate of drug-likeness (QED) is 0.570. The van der Waals surface area contributed by atoms with Crippen molar-refractivity contribution in [3.05, 3.63) is 41.4 Å². The highest BCUT2D eigenvalue weighted by Crippen LogP contribution is 2.22. The fourth-order valence-corrected chi connectivity index (χ4v) is 1.34. The topological polar surface area (TPSA) is 12.9 Å². The molecule has 1 nitrogen and oxygen atoms in total. The van der Waals surface area contributed by atoms with Crippen LogP contribution < -0.4 is 0 Å². The first-order chi connectivity index (χ1) is 5.77. The van der Waals surface area contributed by atoms with E-state index in [1.54, 1.807) is 6.07 Å². The normalized spacial score (nSPS) is 10.5. The van der Waals surface area contributed by atoms with Gasteiger partial charge in [-0.3, -0.25) is 0 Å². The Hall–Kier alpha value is -1.15. The molecule has 2 aromatic rings. The molecule has 0 atom stereocenters. The van der Waals surface area contributed by atoms with Crippen molar-refractivity contribution in [2.24, 2.45) is 0 Å². The molecule has 0 N–H and O–H groups in total. The molecule has 2 rings (SSSR count). The van der Waals surface area contributed by atoms with E-state index in [0.29, 0.717) is 10.4 Å². The van der Waals surface area contributed by atoms with Gasteiger partial charge >= 0.3 is 0 Å². The highest BCUT2D eigenvalue weighted by Gasteiger charge is 1.99. The largest absolute Gasteiger partial charge is 0.228 e. The molecule has 3 heteroatoms. The van der Waals surface area contributed by atoms with Gasteiger partial charge in [-0.2, -0.15) is 4.39 Å². The van der Waals surface area contributed by atoms with E-state index in [2.05, 4.69) is 4.98 Å². The number of fused-ring (bicyclic) bond motifs is 1. The first kappa shape index (κ1) is 7.50. The number of hydrogen-bond donors (Lipinski definition) is 0. The van der Waals surface area contributed by atoms with Crippen LogP contribution in [0, 0.1) is 5.95 Å². The molecule has 0 spiro atoms. The molecule has 1 aromatic heterocycles. The van der Waals surface area contributed by atoms with Gasteiger partial charge < -0.3 is 0 Å². The third-order valence-electron chi connectivity index (χ3n) is 1.68. The van der Waals surface area contributed by atoms with Gasteiger partial charge in [0.15, 0.2) is 0 Å². The summed E-state index contributed by atoms with van der Waals surface area (Å²) in [6, 6.07) is 6.71. The molecule has 1 aromatic carbocycles. The van der Waals surface area contributed by atoms with Gasteiger partial charge in [0, 0.05) is 28.1 Å². The average Bonchev–Trinajstić information content (AvgIpc) is 2.07. The van der Waals surface area contributed by atoms with E-state index in [0.717, 1.165) is 5.39 Å². The monoisotopic (exact) mass is 181 g/mol. The first-order valence-electron chi connectivity index (χ1n) is 3.47. The molecule has 0 saturated heterocycles. The van der Waals surface area contributed by atoms with Crippen molar-refractivity contribution in [3.63, 3.8) is 0 Å². The summed E-state index contributed by atoms with van der Waals surface area (Å²) in [5.41, 5.74) is 0. The van der Waals surface area contributed by atoms with E-state index in [4.69, 9.17) is 11.6 Å². The second-order valence-electron chi connectivity index (χ2n) is 2.47. The zero-order chi connectivity index (χ0) is 8.55. The lowest BCUT2D eigenvalue weighted by Crippen LogP contribution is -1.82. The number of rotatable bonds is 0. The van der Waals surface area contributed by atoms with Gasteiger partial charge in [0.2, 0.25) is 5.95 Å². The molecule has 0 aliphatic heterocycles. The van der Waals surface area contributed by atoms with Gasteiger partial charge in [-0.1, -0.05) is 23.7 Å². The Labute approximate surface area is 73.8 Å². The summed E-state index contributed by atoms with van der Waals surface area (Å²) in [7, 11) is 0. The van der Waals surface area contributed by atoms with Gasteiger partial charge in [0.1, 0.15) is 0 Å². The van der Waals surface area contributed by atoms with E-state index >= 15 is 0 Å². The summed E-state index contributed by atoms with van der Waals surface area (Å²) in [5, 5.41) is 2.10. The average molecular weight is 182 g/mol.